The molecule has 1 unspecified atom stereocenters. The summed E-state index contributed by atoms with van der Waals surface area (Å²) in [5, 5.41) is 20.9. The summed E-state index contributed by atoms with van der Waals surface area (Å²) in [5.74, 6) is -0.959. The maximum Gasteiger partial charge on any atom is 0.255 e. The molecule has 1 saturated heterocycles. The maximum absolute atomic E-state index is 12.9. The van der Waals surface area contributed by atoms with E-state index in [1.807, 2.05) is 12.1 Å². The highest BCUT2D eigenvalue weighted by atomic mass is 16.3. The summed E-state index contributed by atoms with van der Waals surface area (Å²) in [7, 11) is 0. The van der Waals surface area contributed by atoms with Gasteiger partial charge in [0.1, 0.15) is 17.3 Å². The van der Waals surface area contributed by atoms with Crippen molar-refractivity contribution in [2.45, 2.75) is 50.3 Å². The number of imide groups is 1. The molecule has 9 heteroatoms. The quantitative estimate of drug-likeness (QED) is 0.743. The van der Waals surface area contributed by atoms with E-state index in [9.17, 15) is 19.5 Å². The number of aliphatic hydroxyl groups is 1. The van der Waals surface area contributed by atoms with Crippen molar-refractivity contribution in [2.24, 2.45) is 0 Å². The Hall–Kier alpha value is -3.07. The number of carbonyl (C=O) groups excluding carboxylic acids is 3. The molecule has 1 aromatic heterocycles. The number of amides is 3. The van der Waals surface area contributed by atoms with Gasteiger partial charge in [0.05, 0.1) is 11.9 Å². The Morgan fingerprint density at radius 2 is 2.04 bits per heavy atom. The average Bonchev–Trinajstić information content (AvgIpc) is 3.26. The first kappa shape index (κ1) is 17.1. The molecule has 28 heavy (non-hydrogen) atoms. The van der Waals surface area contributed by atoms with Gasteiger partial charge < -0.3 is 10.0 Å². The van der Waals surface area contributed by atoms with Crippen LogP contribution in [0.5, 0.6) is 0 Å². The number of fused-ring (bicyclic) bond motifs is 1. The van der Waals surface area contributed by atoms with Crippen LogP contribution in [0.2, 0.25) is 0 Å². The lowest BCUT2D eigenvalue weighted by atomic mass is 9.78. The molecular weight excluding hydrogens is 362 g/mol. The first-order chi connectivity index (χ1) is 13.4. The summed E-state index contributed by atoms with van der Waals surface area (Å²) in [4.78, 5) is 37.9. The monoisotopic (exact) mass is 381 g/mol. The number of benzene rings is 1. The fourth-order valence-electron chi connectivity index (χ4n) is 4.06. The van der Waals surface area contributed by atoms with Crippen molar-refractivity contribution in [1.82, 2.24) is 25.2 Å². The van der Waals surface area contributed by atoms with Gasteiger partial charge in [0.25, 0.3) is 5.91 Å². The van der Waals surface area contributed by atoms with Crippen molar-refractivity contribution in [3.05, 3.63) is 41.2 Å². The van der Waals surface area contributed by atoms with Crippen molar-refractivity contribution in [3.63, 3.8) is 0 Å². The maximum atomic E-state index is 12.9. The van der Waals surface area contributed by atoms with E-state index in [-0.39, 0.29) is 18.2 Å². The SMILES string of the molecule is O=C1CCC(N2Cc3ccc(-n4cc(C5(O)CCC5)nn4)cc3C2=O)C(=O)N1. The van der Waals surface area contributed by atoms with Crippen LogP contribution in [0, 0.1) is 0 Å². The van der Waals surface area contributed by atoms with Gasteiger partial charge in [0.15, 0.2) is 0 Å². The second-order valence-electron chi connectivity index (χ2n) is 7.67. The molecule has 1 aliphatic carbocycles. The Bertz CT molecular complexity index is 1010. The molecule has 9 nitrogen and oxygen atoms in total. The first-order valence-electron chi connectivity index (χ1n) is 9.38. The molecule has 1 saturated carbocycles. The van der Waals surface area contributed by atoms with Crippen molar-refractivity contribution in [3.8, 4) is 5.69 Å². The molecule has 0 radical (unpaired) electrons. The molecule has 0 bridgehead atoms. The number of carbonyl (C=O) groups is 3. The van der Waals surface area contributed by atoms with Crippen LogP contribution in [0.15, 0.2) is 24.4 Å². The molecule has 1 aromatic carbocycles. The smallest absolute Gasteiger partial charge is 0.255 e. The number of aromatic nitrogens is 3. The van der Waals surface area contributed by atoms with E-state index < -0.39 is 17.6 Å². The van der Waals surface area contributed by atoms with Crippen molar-refractivity contribution >= 4 is 17.7 Å². The molecule has 2 aliphatic heterocycles. The molecule has 1 atom stereocenters. The second kappa shape index (κ2) is 5.96. The molecule has 2 aromatic rings. The summed E-state index contributed by atoms with van der Waals surface area (Å²) in [6.07, 6.45) is 4.57. The van der Waals surface area contributed by atoms with Crippen molar-refractivity contribution < 1.29 is 19.5 Å². The molecule has 3 aliphatic rings. The van der Waals surface area contributed by atoms with Crippen LogP contribution in [-0.4, -0.2) is 48.8 Å². The van der Waals surface area contributed by atoms with Crippen LogP contribution in [0.25, 0.3) is 5.69 Å². The minimum Gasteiger partial charge on any atom is -0.383 e. The van der Waals surface area contributed by atoms with Gasteiger partial charge in [-0.3, -0.25) is 19.7 Å². The summed E-state index contributed by atoms with van der Waals surface area (Å²) < 4.78 is 1.55. The zero-order valence-corrected chi connectivity index (χ0v) is 15.1. The first-order valence-corrected chi connectivity index (χ1v) is 9.38. The van der Waals surface area contributed by atoms with E-state index in [1.54, 1.807) is 16.9 Å². The Balaban J connectivity index is 1.41. The van der Waals surface area contributed by atoms with Crippen LogP contribution in [0.3, 0.4) is 0 Å². The predicted octanol–water partition coefficient (Wildman–Crippen LogP) is 0.400. The van der Waals surface area contributed by atoms with Gasteiger partial charge in [0.2, 0.25) is 11.8 Å². The predicted molar refractivity (Wildman–Crippen MR) is 95.2 cm³/mol. The number of hydrogen-bond donors (Lipinski definition) is 2. The van der Waals surface area contributed by atoms with E-state index in [1.165, 1.54) is 4.90 Å². The lowest BCUT2D eigenvalue weighted by molar-refractivity contribution is -0.136. The molecule has 0 spiro atoms. The molecule has 3 heterocycles. The van der Waals surface area contributed by atoms with Gasteiger partial charge in [-0.2, -0.15) is 0 Å². The summed E-state index contributed by atoms with van der Waals surface area (Å²) in [5.41, 5.74) is 1.65. The number of rotatable bonds is 3. The van der Waals surface area contributed by atoms with E-state index in [2.05, 4.69) is 15.6 Å². The average molecular weight is 381 g/mol. The zero-order chi connectivity index (χ0) is 19.5. The highest BCUT2D eigenvalue weighted by Gasteiger charge is 2.40. The standard InChI is InChI=1S/C19H19N5O4/c25-16-5-4-14(17(26)20-16)23-9-11-2-3-12(8-13(11)18(23)27)24-10-15(21-22-24)19(28)6-1-7-19/h2-3,8,10,14,28H,1,4-7,9H2,(H,20,25,26). The minimum absolute atomic E-state index is 0.229. The summed E-state index contributed by atoms with van der Waals surface area (Å²) in [6, 6.07) is 4.77. The zero-order valence-electron chi connectivity index (χ0n) is 15.1. The number of piperidine rings is 1. The van der Waals surface area contributed by atoms with Crippen LogP contribution in [0.1, 0.15) is 53.7 Å². The Morgan fingerprint density at radius 3 is 2.75 bits per heavy atom. The number of hydrogen-bond acceptors (Lipinski definition) is 6. The second-order valence-corrected chi connectivity index (χ2v) is 7.67. The third kappa shape index (κ3) is 2.54. The largest absolute Gasteiger partial charge is 0.383 e. The minimum atomic E-state index is -0.895. The fourth-order valence-corrected chi connectivity index (χ4v) is 4.06. The fraction of sp³-hybridized carbons (Fsp3) is 0.421. The summed E-state index contributed by atoms with van der Waals surface area (Å²) >= 11 is 0. The lowest BCUT2D eigenvalue weighted by Crippen LogP contribution is -2.52. The van der Waals surface area contributed by atoms with Gasteiger partial charge >= 0.3 is 0 Å². The van der Waals surface area contributed by atoms with Crippen molar-refractivity contribution in [2.75, 3.05) is 0 Å². The van der Waals surface area contributed by atoms with E-state index in [0.717, 1.165) is 12.0 Å². The highest BCUT2D eigenvalue weighted by Crippen LogP contribution is 2.40. The topological polar surface area (TPSA) is 117 Å². The number of nitrogens with one attached hydrogen (secondary N) is 1. The van der Waals surface area contributed by atoms with Crippen LogP contribution in [-0.2, 0) is 21.7 Å². The normalized spacial score (nSPS) is 23.4. The van der Waals surface area contributed by atoms with Crippen molar-refractivity contribution in [1.29, 1.82) is 0 Å². The van der Waals surface area contributed by atoms with E-state index in [4.69, 9.17) is 0 Å². The Morgan fingerprint density at radius 1 is 1.21 bits per heavy atom. The molecule has 144 valence electrons. The third-order valence-electron chi connectivity index (χ3n) is 5.93. The van der Waals surface area contributed by atoms with Gasteiger partial charge in [-0.15, -0.1) is 5.10 Å². The summed E-state index contributed by atoms with van der Waals surface area (Å²) in [6.45, 7) is 0.336. The highest BCUT2D eigenvalue weighted by molar-refractivity contribution is 6.05. The van der Waals surface area contributed by atoms with Gasteiger partial charge in [0, 0.05) is 18.5 Å². The van der Waals surface area contributed by atoms with E-state index in [0.29, 0.717) is 42.8 Å². The van der Waals surface area contributed by atoms with Gasteiger partial charge in [-0.05, 0) is 43.4 Å². The van der Waals surface area contributed by atoms with Gasteiger partial charge in [-0.25, -0.2) is 4.68 Å². The molecule has 3 amide bonds. The molecule has 2 N–H and O–H groups in total. The lowest BCUT2D eigenvalue weighted by Gasteiger charge is -2.34. The van der Waals surface area contributed by atoms with Crippen LogP contribution >= 0.6 is 0 Å². The number of nitrogens with zero attached hydrogens (tertiary/aromatic N) is 4. The van der Waals surface area contributed by atoms with Crippen LogP contribution in [0.4, 0.5) is 0 Å². The molecule has 5 rings (SSSR count). The molecular formula is C19H19N5O4. The third-order valence-corrected chi connectivity index (χ3v) is 5.93. The van der Waals surface area contributed by atoms with Gasteiger partial charge in [-0.1, -0.05) is 11.3 Å². The Kier molecular flexibility index (Phi) is 3.63. The van der Waals surface area contributed by atoms with Crippen LogP contribution < -0.4 is 5.32 Å². The molecule has 2 fully saturated rings. The van der Waals surface area contributed by atoms with E-state index >= 15 is 0 Å². The Labute approximate surface area is 160 Å².